The number of hydrogen-bond donors (Lipinski definition) is 1. The van der Waals surface area contributed by atoms with Crippen LogP contribution in [0, 0.1) is 12.7 Å². The van der Waals surface area contributed by atoms with Gasteiger partial charge in [0.1, 0.15) is 5.82 Å². The average Bonchev–Trinajstić information content (AvgIpc) is 2.69. The maximum Gasteiger partial charge on any atom is 0.126 e. The molecule has 0 saturated carbocycles. The summed E-state index contributed by atoms with van der Waals surface area (Å²) in [6, 6.07) is 4.84. The highest BCUT2D eigenvalue weighted by Gasteiger charge is 2.18. The van der Waals surface area contributed by atoms with E-state index < -0.39 is 6.10 Å². The molecule has 1 unspecified atom stereocenters. The second-order valence-corrected chi connectivity index (χ2v) is 5.71. The van der Waals surface area contributed by atoms with E-state index in [-0.39, 0.29) is 5.82 Å². The molecule has 1 atom stereocenters. The predicted molar refractivity (Wildman–Crippen MR) is 80.1 cm³/mol. The summed E-state index contributed by atoms with van der Waals surface area (Å²) < 4.78 is 16.2. The van der Waals surface area contributed by atoms with Crippen LogP contribution in [0.4, 0.5) is 4.39 Å². The third-order valence-electron chi connectivity index (χ3n) is 3.47. The minimum Gasteiger partial charge on any atom is -0.388 e. The first-order chi connectivity index (χ1) is 9.43. The van der Waals surface area contributed by atoms with E-state index in [1.54, 1.807) is 23.7 Å². The molecule has 1 aromatic carbocycles. The van der Waals surface area contributed by atoms with Crippen LogP contribution >= 0.6 is 15.9 Å². The van der Waals surface area contributed by atoms with Crippen LogP contribution in [0.5, 0.6) is 0 Å². The van der Waals surface area contributed by atoms with Crippen molar-refractivity contribution in [1.82, 2.24) is 9.78 Å². The number of benzene rings is 1. The minimum atomic E-state index is -0.749. The number of aliphatic hydroxyl groups excluding tert-OH is 1. The molecule has 0 fully saturated rings. The van der Waals surface area contributed by atoms with Gasteiger partial charge in [0, 0.05) is 13.5 Å². The molecular weight excluding hydrogens is 323 g/mol. The molecule has 0 aliphatic carbocycles. The van der Waals surface area contributed by atoms with E-state index in [4.69, 9.17) is 0 Å². The first-order valence-electron chi connectivity index (χ1n) is 6.58. The number of rotatable bonds is 4. The number of aromatic nitrogens is 2. The summed E-state index contributed by atoms with van der Waals surface area (Å²) in [6.07, 6.45) is 0.470. The SMILES string of the molecule is CCc1nn(C)c(CC(O)c2ccc(C)c(F)c2)c1Br. The molecule has 0 aliphatic rings. The molecule has 3 nitrogen and oxygen atoms in total. The summed E-state index contributed by atoms with van der Waals surface area (Å²) in [5.74, 6) is -0.292. The zero-order valence-corrected chi connectivity index (χ0v) is 13.4. The van der Waals surface area contributed by atoms with Gasteiger partial charge in [-0.2, -0.15) is 5.10 Å². The maximum absolute atomic E-state index is 13.6. The Hall–Kier alpha value is -1.20. The number of aryl methyl sites for hydroxylation is 3. The van der Waals surface area contributed by atoms with Crippen molar-refractivity contribution in [2.45, 2.75) is 32.8 Å². The summed E-state index contributed by atoms with van der Waals surface area (Å²) in [5, 5.41) is 14.7. The molecule has 1 N–H and O–H groups in total. The Labute approximate surface area is 126 Å². The van der Waals surface area contributed by atoms with Gasteiger partial charge in [-0.05, 0) is 46.5 Å². The van der Waals surface area contributed by atoms with Crippen LogP contribution in [0.1, 0.15) is 35.5 Å². The van der Waals surface area contributed by atoms with Crippen LogP contribution in [0.25, 0.3) is 0 Å². The van der Waals surface area contributed by atoms with E-state index in [0.717, 1.165) is 22.3 Å². The summed E-state index contributed by atoms with van der Waals surface area (Å²) in [4.78, 5) is 0. The standard InChI is InChI=1S/C15H18BrFN2O/c1-4-12-15(16)13(19(3)18-12)8-14(20)10-6-5-9(2)11(17)7-10/h5-7,14,20H,4,8H2,1-3H3. The molecule has 0 radical (unpaired) electrons. The molecule has 0 bridgehead atoms. The van der Waals surface area contributed by atoms with Crippen LogP contribution in [0.15, 0.2) is 22.7 Å². The Morgan fingerprint density at radius 3 is 2.70 bits per heavy atom. The highest BCUT2D eigenvalue weighted by Crippen LogP contribution is 2.27. The van der Waals surface area contributed by atoms with Crippen molar-refractivity contribution in [2.24, 2.45) is 7.05 Å². The van der Waals surface area contributed by atoms with Gasteiger partial charge in [0.2, 0.25) is 0 Å². The molecule has 2 aromatic rings. The lowest BCUT2D eigenvalue weighted by atomic mass is 10.0. The largest absolute Gasteiger partial charge is 0.388 e. The van der Waals surface area contributed by atoms with Crippen LogP contribution < -0.4 is 0 Å². The lowest BCUT2D eigenvalue weighted by Gasteiger charge is -2.12. The van der Waals surface area contributed by atoms with E-state index in [2.05, 4.69) is 21.0 Å². The van der Waals surface area contributed by atoms with Gasteiger partial charge >= 0.3 is 0 Å². The van der Waals surface area contributed by atoms with Crippen LogP contribution in [0.2, 0.25) is 0 Å². The lowest BCUT2D eigenvalue weighted by Crippen LogP contribution is -2.07. The first-order valence-corrected chi connectivity index (χ1v) is 7.37. The van der Waals surface area contributed by atoms with Gasteiger partial charge in [-0.1, -0.05) is 19.1 Å². The zero-order valence-electron chi connectivity index (χ0n) is 11.8. The summed E-state index contributed by atoms with van der Waals surface area (Å²) >= 11 is 3.52. The van der Waals surface area contributed by atoms with Crippen molar-refractivity contribution in [1.29, 1.82) is 0 Å². The second-order valence-electron chi connectivity index (χ2n) is 4.91. The first kappa shape index (κ1) is 15.2. The number of nitrogens with zero attached hydrogens (tertiary/aromatic N) is 2. The molecular formula is C15H18BrFN2O. The number of hydrogen-bond acceptors (Lipinski definition) is 2. The molecule has 108 valence electrons. The van der Waals surface area contributed by atoms with Gasteiger partial charge in [0.15, 0.2) is 0 Å². The van der Waals surface area contributed by atoms with E-state index >= 15 is 0 Å². The van der Waals surface area contributed by atoms with Crippen molar-refractivity contribution in [2.75, 3.05) is 0 Å². The van der Waals surface area contributed by atoms with Crippen molar-refractivity contribution in [3.8, 4) is 0 Å². The van der Waals surface area contributed by atoms with E-state index in [1.165, 1.54) is 6.07 Å². The van der Waals surface area contributed by atoms with Crippen LogP contribution in [-0.4, -0.2) is 14.9 Å². The van der Waals surface area contributed by atoms with Gasteiger partial charge in [-0.25, -0.2) is 4.39 Å². The van der Waals surface area contributed by atoms with Crippen molar-refractivity contribution < 1.29 is 9.50 Å². The lowest BCUT2D eigenvalue weighted by molar-refractivity contribution is 0.175. The topological polar surface area (TPSA) is 38.0 Å². The summed E-state index contributed by atoms with van der Waals surface area (Å²) in [5.41, 5.74) is 3.04. The molecule has 1 aromatic heterocycles. The molecule has 5 heteroatoms. The molecule has 2 rings (SSSR count). The Morgan fingerprint density at radius 1 is 1.45 bits per heavy atom. The molecule has 20 heavy (non-hydrogen) atoms. The average molecular weight is 341 g/mol. The van der Waals surface area contributed by atoms with E-state index in [9.17, 15) is 9.50 Å². The quantitative estimate of drug-likeness (QED) is 0.925. The molecule has 0 saturated heterocycles. The van der Waals surface area contributed by atoms with Crippen LogP contribution in [-0.2, 0) is 19.9 Å². The summed E-state index contributed by atoms with van der Waals surface area (Å²) in [6.45, 7) is 3.74. The zero-order chi connectivity index (χ0) is 14.9. The summed E-state index contributed by atoms with van der Waals surface area (Å²) in [7, 11) is 1.85. The number of halogens is 2. The van der Waals surface area contributed by atoms with Crippen molar-refractivity contribution >= 4 is 15.9 Å². The number of aliphatic hydroxyl groups is 1. The fourth-order valence-corrected chi connectivity index (χ4v) is 2.94. The second kappa shape index (κ2) is 6.06. The molecule has 0 spiro atoms. The Kier molecular flexibility index (Phi) is 4.60. The third kappa shape index (κ3) is 2.94. The molecule has 0 aliphatic heterocycles. The van der Waals surface area contributed by atoms with E-state index in [0.29, 0.717) is 17.5 Å². The highest BCUT2D eigenvalue weighted by atomic mass is 79.9. The van der Waals surface area contributed by atoms with Gasteiger partial charge in [0.25, 0.3) is 0 Å². The maximum atomic E-state index is 13.6. The normalized spacial score (nSPS) is 12.7. The van der Waals surface area contributed by atoms with E-state index in [1.807, 2.05) is 14.0 Å². The van der Waals surface area contributed by atoms with Gasteiger partial charge in [-0.3, -0.25) is 4.68 Å². The van der Waals surface area contributed by atoms with Crippen molar-refractivity contribution in [3.63, 3.8) is 0 Å². The minimum absolute atomic E-state index is 0.292. The van der Waals surface area contributed by atoms with Gasteiger partial charge in [-0.15, -0.1) is 0 Å². The monoisotopic (exact) mass is 340 g/mol. The molecule has 0 amide bonds. The Bertz CT molecular complexity index is 625. The van der Waals surface area contributed by atoms with Crippen LogP contribution in [0.3, 0.4) is 0 Å². The molecule has 1 heterocycles. The Balaban J connectivity index is 2.25. The third-order valence-corrected chi connectivity index (χ3v) is 4.39. The Morgan fingerprint density at radius 2 is 2.15 bits per heavy atom. The smallest absolute Gasteiger partial charge is 0.126 e. The predicted octanol–water partition coefficient (Wildman–Crippen LogP) is 3.47. The van der Waals surface area contributed by atoms with Gasteiger partial charge < -0.3 is 5.11 Å². The van der Waals surface area contributed by atoms with Crippen molar-refractivity contribution in [3.05, 3.63) is 51.0 Å². The highest BCUT2D eigenvalue weighted by molar-refractivity contribution is 9.10. The van der Waals surface area contributed by atoms with Gasteiger partial charge in [0.05, 0.1) is 22.0 Å². The fraction of sp³-hybridized carbons (Fsp3) is 0.400. The fourth-order valence-electron chi connectivity index (χ4n) is 2.16.